The predicted molar refractivity (Wildman–Crippen MR) is 87.3 cm³/mol. The highest BCUT2D eigenvalue weighted by molar-refractivity contribution is 5.95. The second kappa shape index (κ2) is 6.38. The summed E-state index contributed by atoms with van der Waals surface area (Å²) in [6.07, 6.45) is 0. The summed E-state index contributed by atoms with van der Waals surface area (Å²) < 4.78 is 12.9. The maximum atomic E-state index is 12.1. The number of fused-ring (bicyclic) bond motifs is 2. The number of nitrogens with zero attached hydrogens (tertiary/aromatic N) is 2. The molecule has 0 aliphatic carbocycles. The first-order chi connectivity index (χ1) is 11.4. The number of aryl methyl sites for hydroxylation is 1. The number of carbonyl (C=O) groups excluding carboxylic acids is 2. The van der Waals surface area contributed by atoms with Gasteiger partial charge in [0.05, 0.1) is 11.0 Å². The molecule has 8 heteroatoms. The van der Waals surface area contributed by atoms with Gasteiger partial charge in [-0.3, -0.25) is 10.1 Å². The zero-order chi connectivity index (χ0) is 17.3. The van der Waals surface area contributed by atoms with Crippen LogP contribution in [0.4, 0.5) is 4.79 Å². The smallest absolute Gasteiger partial charge is 0.321 e. The van der Waals surface area contributed by atoms with E-state index in [9.17, 15) is 9.59 Å². The number of aromatic nitrogens is 2. The van der Waals surface area contributed by atoms with Crippen molar-refractivity contribution in [3.05, 3.63) is 18.0 Å². The minimum atomic E-state index is -0.508. The Labute approximate surface area is 139 Å². The highest BCUT2D eigenvalue weighted by Gasteiger charge is 2.18. The van der Waals surface area contributed by atoms with Crippen LogP contribution in [0.25, 0.3) is 11.0 Å². The van der Waals surface area contributed by atoms with E-state index in [1.165, 1.54) is 0 Å². The second-order valence-electron chi connectivity index (χ2n) is 5.91. The minimum Gasteiger partial charge on any atom is -0.486 e. The van der Waals surface area contributed by atoms with Crippen LogP contribution in [0.15, 0.2) is 12.1 Å². The molecule has 1 aromatic carbocycles. The van der Waals surface area contributed by atoms with Crippen LogP contribution in [0.5, 0.6) is 11.5 Å². The van der Waals surface area contributed by atoms with Crippen LogP contribution in [0.2, 0.25) is 0 Å². The van der Waals surface area contributed by atoms with Gasteiger partial charge in [0.25, 0.3) is 0 Å². The van der Waals surface area contributed by atoms with Gasteiger partial charge in [-0.25, -0.2) is 9.78 Å². The Bertz CT molecular complexity index is 797. The summed E-state index contributed by atoms with van der Waals surface area (Å²) in [5, 5.41) is 4.92. The number of amides is 3. The molecule has 8 nitrogen and oxygen atoms in total. The summed E-state index contributed by atoms with van der Waals surface area (Å²) in [4.78, 5) is 28.2. The number of imide groups is 1. The number of urea groups is 1. The van der Waals surface area contributed by atoms with E-state index in [4.69, 9.17) is 9.47 Å². The normalized spacial score (nSPS) is 13.2. The molecule has 0 radical (unpaired) electrons. The lowest BCUT2D eigenvalue weighted by Gasteiger charge is -2.18. The lowest BCUT2D eigenvalue weighted by molar-refractivity contribution is -0.120. The molecule has 128 valence electrons. The number of ether oxygens (including phenoxy) is 2. The van der Waals surface area contributed by atoms with E-state index in [0.717, 1.165) is 11.0 Å². The number of carbonyl (C=O) groups is 2. The van der Waals surface area contributed by atoms with Crippen molar-refractivity contribution in [3.63, 3.8) is 0 Å². The summed E-state index contributed by atoms with van der Waals surface area (Å²) in [6, 6.07) is 3.06. The van der Waals surface area contributed by atoms with Gasteiger partial charge in [0.1, 0.15) is 25.6 Å². The first kappa shape index (κ1) is 16.1. The van der Waals surface area contributed by atoms with Gasteiger partial charge in [0.2, 0.25) is 5.91 Å². The first-order valence-corrected chi connectivity index (χ1v) is 7.81. The van der Waals surface area contributed by atoms with Crippen molar-refractivity contribution in [2.45, 2.75) is 33.4 Å². The van der Waals surface area contributed by atoms with Crippen LogP contribution >= 0.6 is 0 Å². The van der Waals surface area contributed by atoms with E-state index in [2.05, 4.69) is 15.6 Å². The molecule has 2 heterocycles. The van der Waals surface area contributed by atoms with Crippen LogP contribution in [0.3, 0.4) is 0 Å². The lowest BCUT2D eigenvalue weighted by Crippen LogP contribution is -2.43. The van der Waals surface area contributed by atoms with Crippen LogP contribution in [-0.4, -0.2) is 40.7 Å². The Balaban J connectivity index is 1.82. The molecule has 2 aromatic rings. The third-order valence-corrected chi connectivity index (χ3v) is 3.58. The van der Waals surface area contributed by atoms with Crippen LogP contribution in [0, 0.1) is 6.92 Å². The summed E-state index contributed by atoms with van der Waals surface area (Å²) in [6.45, 7) is 6.44. The van der Waals surface area contributed by atoms with Gasteiger partial charge in [0, 0.05) is 18.2 Å². The maximum Gasteiger partial charge on any atom is 0.321 e. The zero-order valence-electron chi connectivity index (χ0n) is 13.9. The molecular weight excluding hydrogens is 312 g/mol. The number of imidazole rings is 1. The van der Waals surface area contributed by atoms with E-state index >= 15 is 0 Å². The van der Waals surface area contributed by atoms with E-state index < -0.39 is 11.9 Å². The van der Waals surface area contributed by atoms with Gasteiger partial charge in [0.15, 0.2) is 11.5 Å². The van der Waals surface area contributed by atoms with E-state index in [1.807, 2.05) is 26.8 Å². The minimum absolute atomic E-state index is 0.00646. The summed E-state index contributed by atoms with van der Waals surface area (Å²) >= 11 is 0. The molecule has 3 rings (SSSR count). The predicted octanol–water partition coefficient (Wildman–Crippen LogP) is 1.35. The van der Waals surface area contributed by atoms with Gasteiger partial charge in [-0.15, -0.1) is 0 Å². The van der Waals surface area contributed by atoms with E-state index in [1.54, 1.807) is 10.6 Å². The summed E-state index contributed by atoms with van der Waals surface area (Å²) in [5.41, 5.74) is 1.48. The highest BCUT2D eigenvalue weighted by atomic mass is 16.6. The maximum absolute atomic E-state index is 12.1. The fraction of sp³-hybridized carbons (Fsp3) is 0.438. The topological polar surface area (TPSA) is 94.5 Å². The highest BCUT2D eigenvalue weighted by Crippen LogP contribution is 2.34. The van der Waals surface area contributed by atoms with Crippen molar-refractivity contribution < 1.29 is 19.1 Å². The molecule has 1 aliphatic rings. The molecular formula is C16H20N4O4. The number of nitrogens with one attached hydrogen (secondary N) is 2. The molecule has 0 atom stereocenters. The monoisotopic (exact) mass is 332 g/mol. The zero-order valence-corrected chi connectivity index (χ0v) is 13.9. The molecule has 1 aliphatic heterocycles. The molecule has 0 saturated carbocycles. The van der Waals surface area contributed by atoms with Crippen LogP contribution in [0.1, 0.15) is 19.7 Å². The lowest BCUT2D eigenvalue weighted by atomic mass is 10.2. The molecule has 2 N–H and O–H groups in total. The Hall–Kier alpha value is -2.77. The van der Waals surface area contributed by atoms with Crippen molar-refractivity contribution in [2.75, 3.05) is 13.2 Å². The van der Waals surface area contributed by atoms with Crippen molar-refractivity contribution in [3.8, 4) is 11.5 Å². The Morgan fingerprint density at radius 3 is 2.58 bits per heavy atom. The Morgan fingerprint density at radius 1 is 1.25 bits per heavy atom. The summed E-state index contributed by atoms with van der Waals surface area (Å²) in [7, 11) is 0. The first-order valence-electron chi connectivity index (χ1n) is 7.81. The van der Waals surface area contributed by atoms with E-state index in [0.29, 0.717) is 30.5 Å². The van der Waals surface area contributed by atoms with Gasteiger partial charge in [-0.2, -0.15) is 0 Å². The molecule has 0 saturated heterocycles. The molecule has 3 amide bonds. The van der Waals surface area contributed by atoms with Crippen LogP contribution < -0.4 is 20.1 Å². The van der Waals surface area contributed by atoms with Crippen molar-refractivity contribution >= 4 is 23.0 Å². The molecule has 24 heavy (non-hydrogen) atoms. The van der Waals surface area contributed by atoms with Gasteiger partial charge >= 0.3 is 6.03 Å². The standard InChI is InChI=1S/C16H20N4O4/c1-9(2)17-16(22)19-15(21)8-20-10(3)18-11-6-13-14(7-12(11)20)24-5-4-23-13/h6-7,9H,4-5,8H2,1-3H3,(H2,17,19,21,22). The summed E-state index contributed by atoms with van der Waals surface area (Å²) in [5.74, 6) is 1.55. The van der Waals surface area contributed by atoms with Gasteiger partial charge in [-0.1, -0.05) is 0 Å². The van der Waals surface area contributed by atoms with Crippen molar-refractivity contribution in [1.82, 2.24) is 20.2 Å². The fourth-order valence-electron chi connectivity index (χ4n) is 2.59. The van der Waals surface area contributed by atoms with E-state index in [-0.39, 0.29) is 12.6 Å². The number of rotatable bonds is 3. The average Bonchev–Trinajstić information content (AvgIpc) is 2.79. The molecule has 0 fully saturated rings. The van der Waals surface area contributed by atoms with Gasteiger partial charge < -0.3 is 19.4 Å². The Kier molecular flexibility index (Phi) is 4.28. The number of hydrogen-bond acceptors (Lipinski definition) is 5. The largest absolute Gasteiger partial charge is 0.486 e. The molecule has 0 unspecified atom stereocenters. The number of hydrogen-bond donors (Lipinski definition) is 2. The average molecular weight is 332 g/mol. The van der Waals surface area contributed by atoms with Crippen LogP contribution in [-0.2, 0) is 11.3 Å². The van der Waals surface area contributed by atoms with Crippen molar-refractivity contribution in [2.24, 2.45) is 0 Å². The second-order valence-corrected chi connectivity index (χ2v) is 5.91. The fourth-order valence-corrected chi connectivity index (χ4v) is 2.59. The Morgan fingerprint density at radius 2 is 1.92 bits per heavy atom. The molecule has 1 aromatic heterocycles. The molecule has 0 bridgehead atoms. The third-order valence-electron chi connectivity index (χ3n) is 3.58. The third kappa shape index (κ3) is 3.27. The SMILES string of the molecule is Cc1nc2cc3c(cc2n1CC(=O)NC(=O)NC(C)C)OCCO3. The van der Waals surface area contributed by atoms with Crippen molar-refractivity contribution in [1.29, 1.82) is 0 Å². The number of benzene rings is 1. The van der Waals surface area contributed by atoms with Gasteiger partial charge in [-0.05, 0) is 20.8 Å². The molecule has 0 spiro atoms. The quantitative estimate of drug-likeness (QED) is 0.885.